The van der Waals surface area contributed by atoms with Gasteiger partial charge in [0.05, 0.1) is 12.3 Å². The molecule has 4 heteroatoms. The van der Waals surface area contributed by atoms with Crippen molar-refractivity contribution >= 4 is 29.0 Å². The van der Waals surface area contributed by atoms with E-state index >= 15 is 0 Å². The molecule has 0 spiro atoms. The molecule has 3 N–H and O–H groups in total. The van der Waals surface area contributed by atoms with Crippen LogP contribution in [0.25, 0.3) is 0 Å². The molecule has 0 aliphatic carbocycles. The summed E-state index contributed by atoms with van der Waals surface area (Å²) in [6, 6.07) is 7.73. The van der Waals surface area contributed by atoms with Crippen molar-refractivity contribution in [3.05, 3.63) is 24.3 Å². The number of rotatable bonds is 1. The largest absolute Gasteiger partial charge is 0.399 e. The first-order valence-corrected chi connectivity index (χ1v) is 5.74. The molecule has 14 heavy (non-hydrogen) atoms. The molecular weight excluding hydrogens is 194 g/mol. The van der Waals surface area contributed by atoms with Crippen LogP contribution in [0.3, 0.4) is 0 Å². The molecule has 0 saturated carbocycles. The van der Waals surface area contributed by atoms with Gasteiger partial charge < -0.3 is 11.1 Å². The highest BCUT2D eigenvalue weighted by atomic mass is 32.2. The molecule has 2 rings (SSSR count). The first kappa shape index (κ1) is 9.40. The Kier molecular flexibility index (Phi) is 2.93. The fourth-order valence-corrected chi connectivity index (χ4v) is 2.04. The van der Waals surface area contributed by atoms with Crippen LogP contribution in [0.15, 0.2) is 29.3 Å². The molecule has 0 unspecified atom stereocenters. The highest BCUT2D eigenvalue weighted by Gasteiger charge is 2.04. The number of nitrogens with zero attached hydrogens (tertiary/aromatic N) is 1. The van der Waals surface area contributed by atoms with E-state index < -0.39 is 0 Å². The number of amidine groups is 1. The van der Waals surface area contributed by atoms with Crippen LogP contribution in [-0.2, 0) is 0 Å². The van der Waals surface area contributed by atoms with Crippen molar-refractivity contribution in [1.29, 1.82) is 0 Å². The number of nitrogens with one attached hydrogen (secondary N) is 1. The molecular formula is C10H13N3S. The van der Waals surface area contributed by atoms with Crippen molar-refractivity contribution in [2.45, 2.75) is 0 Å². The van der Waals surface area contributed by atoms with Crippen molar-refractivity contribution in [1.82, 2.24) is 0 Å². The number of aliphatic imine (C=N–C) groups is 1. The summed E-state index contributed by atoms with van der Waals surface area (Å²) in [5.74, 6) is 3.14. The Morgan fingerprint density at radius 2 is 2.36 bits per heavy atom. The summed E-state index contributed by atoms with van der Waals surface area (Å²) < 4.78 is 0. The Balaban J connectivity index is 2.06. The number of benzene rings is 1. The maximum absolute atomic E-state index is 5.68. The topological polar surface area (TPSA) is 50.4 Å². The number of nitrogens with two attached hydrogens (primary N) is 1. The number of nitrogen functional groups attached to an aromatic ring is 1. The molecule has 1 aliphatic rings. The number of thioether (sulfide) groups is 1. The molecule has 0 saturated heterocycles. The van der Waals surface area contributed by atoms with Crippen LogP contribution in [0.2, 0.25) is 0 Å². The lowest BCUT2D eigenvalue weighted by Gasteiger charge is -2.13. The van der Waals surface area contributed by atoms with Crippen LogP contribution in [0.4, 0.5) is 11.4 Å². The highest BCUT2D eigenvalue weighted by Crippen LogP contribution is 2.14. The van der Waals surface area contributed by atoms with Gasteiger partial charge in [-0.2, -0.15) is 11.8 Å². The van der Waals surface area contributed by atoms with Crippen LogP contribution < -0.4 is 11.1 Å². The Morgan fingerprint density at radius 1 is 1.43 bits per heavy atom. The predicted molar refractivity (Wildman–Crippen MR) is 64.1 cm³/mol. The monoisotopic (exact) mass is 207 g/mol. The molecule has 0 fully saturated rings. The van der Waals surface area contributed by atoms with Crippen LogP contribution in [0, 0.1) is 0 Å². The zero-order valence-corrected chi connectivity index (χ0v) is 8.68. The number of hydrogen-bond donors (Lipinski definition) is 2. The smallest absolute Gasteiger partial charge is 0.111 e. The molecule has 0 radical (unpaired) electrons. The average Bonchev–Trinajstić information content (AvgIpc) is 2.19. The van der Waals surface area contributed by atoms with Crippen molar-refractivity contribution in [2.24, 2.45) is 4.99 Å². The Morgan fingerprint density at radius 3 is 3.07 bits per heavy atom. The molecule has 0 bridgehead atoms. The lowest BCUT2D eigenvalue weighted by Crippen LogP contribution is -2.19. The maximum atomic E-state index is 5.68. The van der Waals surface area contributed by atoms with Crippen LogP contribution in [0.1, 0.15) is 0 Å². The number of anilines is 2. The van der Waals surface area contributed by atoms with Crippen molar-refractivity contribution in [3.63, 3.8) is 0 Å². The Hall–Kier alpha value is -1.16. The van der Waals surface area contributed by atoms with Gasteiger partial charge >= 0.3 is 0 Å². The molecule has 0 amide bonds. The summed E-state index contributed by atoms with van der Waals surface area (Å²) >= 11 is 1.90. The minimum atomic E-state index is 0.777. The summed E-state index contributed by atoms with van der Waals surface area (Å²) in [5.41, 5.74) is 7.48. The molecule has 0 aromatic heterocycles. The lowest BCUT2D eigenvalue weighted by molar-refractivity contribution is 1.12. The van der Waals surface area contributed by atoms with E-state index in [1.165, 1.54) is 0 Å². The van der Waals surface area contributed by atoms with Gasteiger partial charge in [0.1, 0.15) is 5.84 Å². The molecule has 1 heterocycles. The zero-order valence-electron chi connectivity index (χ0n) is 7.86. The zero-order chi connectivity index (χ0) is 9.80. The molecule has 0 atom stereocenters. The summed E-state index contributed by atoms with van der Waals surface area (Å²) in [5, 5.41) is 3.27. The molecule has 1 aromatic rings. The maximum Gasteiger partial charge on any atom is 0.111 e. The Bertz CT molecular complexity index is 349. The summed E-state index contributed by atoms with van der Waals surface area (Å²) in [4.78, 5) is 4.40. The summed E-state index contributed by atoms with van der Waals surface area (Å²) in [6.45, 7) is 0.912. The second-order valence-corrected chi connectivity index (χ2v) is 4.24. The van der Waals surface area contributed by atoms with Gasteiger partial charge in [-0.15, -0.1) is 0 Å². The van der Waals surface area contributed by atoms with Gasteiger partial charge in [-0.25, -0.2) is 0 Å². The SMILES string of the molecule is Nc1cccc(NC2=NCCSC2)c1. The molecule has 3 nitrogen and oxygen atoms in total. The van der Waals surface area contributed by atoms with Gasteiger partial charge in [0.25, 0.3) is 0 Å². The minimum absolute atomic E-state index is 0.777. The second kappa shape index (κ2) is 4.37. The first-order chi connectivity index (χ1) is 6.84. The van der Waals surface area contributed by atoms with Crippen molar-refractivity contribution in [3.8, 4) is 0 Å². The fourth-order valence-electron chi connectivity index (χ4n) is 1.32. The third kappa shape index (κ3) is 2.42. The molecule has 74 valence electrons. The molecule has 1 aliphatic heterocycles. The van der Waals surface area contributed by atoms with Gasteiger partial charge in [-0.3, -0.25) is 4.99 Å². The van der Waals surface area contributed by atoms with E-state index in [9.17, 15) is 0 Å². The summed E-state index contributed by atoms with van der Waals surface area (Å²) in [7, 11) is 0. The highest BCUT2D eigenvalue weighted by molar-refractivity contribution is 8.00. The minimum Gasteiger partial charge on any atom is -0.399 e. The molecule has 1 aromatic carbocycles. The summed E-state index contributed by atoms with van der Waals surface area (Å²) in [6.07, 6.45) is 0. The van der Waals surface area contributed by atoms with E-state index in [-0.39, 0.29) is 0 Å². The third-order valence-electron chi connectivity index (χ3n) is 1.95. The third-order valence-corrected chi connectivity index (χ3v) is 2.90. The van der Waals surface area contributed by atoms with Crippen molar-refractivity contribution < 1.29 is 0 Å². The van der Waals surface area contributed by atoms with Gasteiger partial charge in [0, 0.05) is 17.1 Å². The van der Waals surface area contributed by atoms with Crippen LogP contribution in [0.5, 0.6) is 0 Å². The first-order valence-electron chi connectivity index (χ1n) is 4.58. The van der Waals surface area contributed by atoms with Crippen molar-refractivity contribution in [2.75, 3.05) is 29.1 Å². The van der Waals surface area contributed by atoms with E-state index in [1.807, 2.05) is 36.0 Å². The van der Waals surface area contributed by atoms with Gasteiger partial charge in [0.2, 0.25) is 0 Å². The van der Waals surface area contributed by atoms with E-state index in [1.54, 1.807) is 0 Å². The number of hydrogen-bond acceptors (Lipinski definition) is 4. The standard InChI is InChI=1S/C10H13N3S/c11-8-2-1-3-9(6-8)13-10-7-14-5-4-12-10/h1-3,6H,4-5,7,11H2,(H,12,13). The second-order valence-electron chi connectivity index (χ2n) is 3.13. The van der Waals surface area contributed by atoms with E-state index in [0.29, 0.717) is 0 Å². The van der Waals surface area contributed by atoms with E-state index in [2.05, 4.69) is 10.3 Å². The van der Waals surface area contributed by atoms with Crippen LogP contribution in [-0.4, -0.2) is 23.9 Å². The average molecular weight is 207 g/mol. The fraction of sp³-hybridized carbons (Fsp3) is 0.300. The van der Waals surface area contributed by atoms with Gasteiger partial charge in [-0.05, 0) is 18.2 Å². The van der Waals surface area contributed by atoms with E-state index in [0.717, 1.165) is 35.3 Å². The van der Waals surface area contributed by atoms with Gasteiger partial charge in [-0.1, -0.05) is 6.07 Å². The van der Waals surface area contributed by atoms with E-state index in [4.69, 9.17) is 5.73 Å². The quantitative estimate of drug-likeness (QED) is 0.691. The Labute approximate surface area is 87.8 Å². The normalized spacial score (nSPS) is 16.1. The van der Waals surface area contributed by atoms with Crippen LogP contribution >= 0.6 is 11.8 Å². The predicted octanol–water partition coefficient (Wildman–Crippen LogP) is 1.83. The lowest BCUT2D eigenvalue weighted by atomic mass is 10.3. The van der Waals surface area contributed by atoms with Gasteiger partial charge in [0.15, 0.2) is 0 Å².